The largest absolute Gasteiger partial charge is 0.483 e. The van der Waals surface area contributed by atoms with Crippen LogP contribution in [0.3, 0.4) is 0 Å². The van der Waals surface area contributed by atoms with Crippen LogP contribution >= 0.6 is 0 Å². The molecule has 146 valence electrons. The fourth-order valence-corrected chi connectivity index (χ4v) is 3.36. The van der Waals surface area contributed by atoms with Crippen LogP contribution in [-0.4, -0.2) is 42.2 Å². The van der Waals surface area contributed by atoms with Crippen molar-refractivity contribution in [1.82, 2.24) is 4.90 Å². The van der Waals surface area contributed by atoms with Crippen molar-refractivity contribution in [3.63, 3.8) is 0 Å². The highest BCUT2D eigenvalue weighted by Gasteiger charge is 2.23. The average molecular weight is 380 g/mol. The van der Waals surface area contributed by atoms with E-state index in [0.29, 0.717) is 48.5 Å². The molecule has 2 amide bonds. The molecule has 1 aliphatic rings. The molecule has 0 bridgehead atoms. The predicted octanol–water partition coefficient (Wildman–Crippen LogP) is 3.32. The molecule has 0 aliphatic heterocycles. The Labute approximate surface area is 164 Å². The third-order valence-corrected chi connectivity index (χ3v) is 4.84. The van der Waals surface area contributed by atoms with Gasteiger partial charge in [-0.3, -0.25) is 14.4 Å². The lowest BCUT2D eigenvalue weighted by molar-refractivity contribution is -0.118. The van der Waals surface area contributed by atoms with Crippen molar-refractivity contribution in [3.8, 4) is 5.75 Å². The predicted molar refractivity (Wildman–Crippen MR) is 107 cm³/mol. The Kier molecular flexibility index (Phi) is 6.09. The molecule has 0 saturated heterocycles. The second-order valence-electron chi connectivity index (χ2n) is 6.60. The maximum absolute atomic E-state index is 12.5. The van der Waals surface area contributed by atoms with Crippen LogP contribution in [0.15, 0.2) is 42.5 Å². The first-order chi connectivity index (χ1) is 13.5. The Morgan fingerprint density at radius 3 is 2.57 bits per heavy atom. The zero-order valence-electron chi connectivity index (χ0n) is 16.2. The molecule has 0 atom stereocenters. The van der Waals surface area contributed by atoms with Crippen LogP contribution in [0.4, 0.5) is 5.69 Å². The minimum atomic E-state index is -0.325. The first-order valence-electron chi connectivity index (χ1n) is 9.50. The maximum Gasteiger partial charge on any atom is 0.262 e. The standard InChI is InChI=1S/C22H24N2O4/c1-3-24(4-2)22(27)15-7-5-8-16(13-15)23-21(26)14-28-20-10-6-9-17-18(20)11-12-19(17)25/h5-10,13H,3-4,11-12,14H2,1-2H3,(H,23,26). The first-order valence-corrected chi connectivity index (χ1v) is 9.50. The van der Waals surface area contributed by atoms with E-state index < -0.39 is 0 Å². The molecular weight excluding hydrogens is 356 g/mol. The number of benzene rings is 2. The topological polar surface area (TPSA) is 75.7 Å². The van der Waals surface area contributed by atoms with Gasteiger partial charge in [0.25, 0.3) is 11.8 Å². The number of carbonyl (C=O) groups is 3. The van der Waals surface area contributed by atoms with Gasteiger partial charge in [-0.25, -0.2) is 0 Å². The molecule has 0 unspecified atom stereocenters. The molecule has 0 aromatic heterocycles. The molecule has 0 fully saturated rings. The van der Waals surface area contributed by atoms with Crippen LogP contribution in [0.1, 0.15) is 46.5 Å². The van der Waals surface area contributed by atoms with Crippen molar-refractivity contribution in [2.24, 2.45) is 0 Å². The summed E-state index contributed by atoms with van der Waals surface area (Å²) >= 11 is 0. The van der Waals surface area contributed by atoms with Crippen LogP contribution < -0.4 is 10.1 Å². The van der Waals surface area contributed by atoms with Crippen LogP contribution in [0.5, 0.6) is 5.75 Å². The van der Waals surface area contributed by atoms with Crippen LogP contribution in [0, 0.1) is 0 Å². The number of nitrogens with zero attached hydrogens (tertiary/aromatic N) is 1. The fourth-order valence-electron chi connectivity index (χ4n) is 3.36. The Balaban J connectivity index is 1.62. The Hall–Kier alpha value is -3.15. The van der Waals surface area contributed by atoms with Gasteiger partial charge >= 0.3 is 0 Å². The number of fused-ring (bicyclic) bond motifs is 1. The summed E-state index contributed by atoms with van der Waals surface area (Å²) in [5.41, 5.74) is 2.62. The smallest absolute Gasteiger partial charge is 0.262 e. The molecular formula is C22H24N2O4. The van der Waals surface area contributed by atoms with E-state index in [1.165, 1.54) is 0 Å². The molecule has 1 aliphatic carbocycles. The second-order valence-corrected chi connectivity index (χ2v) is 6.60. The lowest BCUT2D eigenvalue weighted by Gasteiger charge is -2.19. The van der Waals surface area contributed by atoms with E-state index in [-0.39, 0.29) is 24.2 Å². The number of anilines is 1. The van der Waals surface area contributed by atoms with Crippen molar-refractivity contribution in [2.75, 3.05) is 25.0 Å². The Morgan fingerprint density at radius 1 is 1.07 bits per heavy atom. The number of carbonyl (C=O) groups excluding carboxylic acids is 3. The quantitative estimate of drug-likeness (QED) is 0.800. The Morgan fingerprint density at radius 2 is 1.82 bits per heavy atom. The van der Waals surface area contributed by atoms with Gasteiger partial charge in [0.1, 0.15) is 5.75 Å². The van der Waals surface area contributed by atoms with E-state index in [1.807, 2.05) is 13.8 Å². The lowest BCUT2D eigenvalue weighted by Crippen LogP contribution is -2.30. The minimum Gasteiger partial charge on any atom is -0.483 e. The van der Waals surface area contributed by atoms with E-state index in [4.69, 9.17) is 4.74 Å². The highest BCUT2D eigenvalue weighted by atomic mass is 16.5. The van der Waals surface area contributed by atoms with E-state index in [9.17, 15) is 14.4 Å². The van der Waals surface area contributed by atoms with Gasteiger partial charge < -0.3 is 15.0 Å². The third-order valence-electron chi connectivity index (χ3n) is 4.84. The second kappa shape index (κ2) is 8.69. The van der Waals surface area contributed by atoms with Gasteiger partial charge in [0.15, 0.2) is 12.4 Å². The van der Waals surface area contributed by atoms with Crippen LogP contribution in [0.2, 0.25) is 0 Å². The number of hydrogen-bond acceptors (Lipinski definition) is 4. The normalized spacial score (nSPS) is 12.4. The highest BCUT2D eigenvalue weighted by Crippen LogP contribution is 2.30. The van der Waals surface area contributed by atoms with Gasteiger partial charge in [-0.05, 0) is 44.5 Å². The molecule has 0 heterocycles. The van der Waals surface area contributed by atoms with Crippen molar-refractivity contribution in [3.05, 3.63) is 59.2 Å². The average Bonchev–Trinajstić information content (AvgIpc) is 3.09. The van der Waals surface area contributed by atoms with Crippen molar-refractivity contribution in [2.45, 2.75) is 26.7 Å². The SMILES string of the molecule is CCN(CC)C(=O)c1cccc(NC(=O)COc2cccc3c2CCC3=O)c1. The van der Waals surface area contributed by atoms with Gasteiger partial charge in [0.2, 0.25) is 0 Å². The summed E-state index contributed by atoms with van der Waals surface area (Å²) in [6.45, 7) is 4.95. The van der Waals surface area contributed by atoms with Gasteiger partial charge in [-0.2, -0.15) is 0 Å². The zero-order chi connectivity index (χ0) is 20.1. The number of ether oxygens (including phenoxy) is 1. The number of Topliss-reactive ketones (excluding diaryl/α,β-unsaturated/α-hetero) is 1. The van der Waals surface area contributed by atoms with Gasteiger partial charge in [0, 0.05) is 41.9 Å². The maximum atomic E-state index is 12.5. The van der Waals surface area contributed by atoms with E-state index in [1.54, 1.807) is 47.4 Å². The van der Waals surface area contributed by atoms with Gasteiger partial charge in [-0.1, -0.05) is 18.2 Å². The number of nitrogens with one attached hydrogen (secondary N) is 1. The fraction of sp³-hybridized carbons (Fsp3) is 0.318. The number of ketones is 1. The van der Waals surface area contributed by atoms with Crippen LogP contribution in [-0.2, 0) is 11.2 Å². The van der Waals surface area contributed by atoms with E-state index in [0.717, 1.165) is 5.56 Å². The summed E-state index contributed by atoms with van der Waals surface area (Å²) < 4.78 is 5.64. The number of rotatable bonds is 7. The summed E-state index contributed by atoms with van der Waals surface area (Å²) in [4.78, 5) is 38.3. The van der Waals surface area contributed by atoms with Crippen molar-refractivity contribution < 1.29 is 19.1 Å². The summed E-state index contributed by atoms with van der Waals surface area (Å²) in [6, 6.07) is 12.2. The van der Waals surface area contributed by atoms with Crippen molar-refractivity contribution >= 4 is 23.3 Å². The molecule has 2 aromatic rings. The summed E-state index contributed by atoms with van der Waals surface area (Å²) in [5.74, 6) is 0.291. The summed E-state index contributed by atoms with van der Waals surface area (Å²) in [5, 5.41) is 2.76. The number of hydrogen-bond donors (Lipinski definition) is 1. The van der Waals surface area contributed by atoms with E-state index in [2.05, 4.69) is 5.32 Å². The molecule has 2 aromatic carbocycles. The molecule has 3 rings (SSSR count). The summed E-state index contributed by atoms with van der Waals surface area (Å²) in [6.07, 6.45) is 1.12. The molecule has 28 heavy (non-hydrogen) atoms. The zero-order valence-corrected chi connectivity index (χ0v) is 16.2. The number of amides is 2. The minimum absolute atomic E-state index is 0.0677. The van der Waals surface area contributed by atoms with Crippen molar-refractivity contribution in [1.29, 1.82) is 0 Å². The summed E-state index contributed by atoms with van der Waals surface area (Å²) in [7, 11) is 0. The molecule has 0 spiro atoms. The third kappa shape index (κ3) is 4.22. The Bertz CT molecular complexity index is 903. The monoisotopic (exact) mass is 380 g/mol. The molecule has 1 N–H and O–H groups in total. The van der Waals surface area contributed by atoms with Gasteiger partial charge in [-0.15, -0.1) is 0 Å². The molecule has 6 nitrogen and oxygen atoms in total. The highest BCUT2D eigenvalue weighted by molar-refractivity contribution is 6.01. The first kappa shape index (κ1) is 19.6. The van der Waals surface area contributed by atoms with Gasteiger partial charge in [0.05, 0.1) is 0 Å². The molecule has 6 heteroatoms. The van der Waals surface area contributed by atoms with E-state index >= 15 is 0 Å². The molecule has 0 saturated carbocycles. The van der Waals surface area contributed by atoms with Crippen LogP contribution in [0.25, 0.3) is 0 Å². The lowest BCUT2D eigenvalue weighted by atomic mass is 10.1. The molecule has 0 radical (unpaired) electrons.